The molecule has 30 heavy (non-hydrogen) atoms. The summed E-state index contributed by atoms with van der Waals surface area (Å²) in [5.74, 6) is 0.0190. The van der Waals surface area contributed by atoms with Crippen LogP contribution >= 0.6 is 11.6 Å². The molecule has 0 radical (unpaired) electrons. The molecule has 0 saturated heterocycles. The maximum absolute atomic E-state index is 12.6. The monoisotopic (exact) mass is 442 g/mol. The molecule has 160 valence electrons. The quantitative estimate of drug-likeness (QED) is 0.673. The van der Waals surface area contributed by atoms with Crippen molar-refractivity contribution in [2.75, 3.05) is 25.0 Å². The summed E-state index contributed by atoms with van der Waals surface area (Å²) in [4.78, 5) is 21.7. The highest BCUT2D eigenvalue weighted by Crippen LogP contribution is 2.30. The van der Waals surface area contributed by atoms with E-state index in [-0.39, 0.29) is 12.4 Å². The third-order valence-electron chi connectivity index (χ3n) is 4.55. The molecule has 3 rings (SSSR count). The molecule has 0 spiro atoms. The number of pyridine rings is 2. The van der Waals surface area contributed by atoms with Gasteiger partial charge in [-0.2, -0.15) is 13.2 Å². The second-order valence-electron chi connectivity index (χ2n) is 6.58. The lowest BCUT2D eigenvalue weighted by molar-refractivity contribution is -0.137. The lowest BCUT2D eigenvalue weighted by Crippen LogP contribution is -2.38. The second-order valence-corrected chi connectivity index (χ2v) is 6.99. The predicted octanol–water partition coefficient (Wildman–Crippen LogP) is 3.50. The van der Waals surface area contributed by atoms with Crippen molar-refractivity contribution in [2.24, 2.45) is 0 Å². The Hall–Kier alpha value is -2.69. The first-order valence-electron chi connectivity index (χ1n) is 8.92. The lowest BCUT2D eigenvalue weighted by Gasteiger charge is -2.26. The van der Waals surface area contributed by atoms with E-state index in [1.807, 2.05) is 0 Å². The van der Waals surface area contributed by atoms with Crippen LogP contribution in [0, 0.1) is 0 Å². The number of aliphatic hydroxyl groups is 2. The van der Waals surface area contributed by atoms with Crippen LogP contribution < -0.4 is 5.32 Å². The number of anilines is 1. The highest BCUT2D eigenvalue weighted by molar-refractivity contribution is 6.32. The fraction of sp³-hybridized carbons (Fsp3) is 0.316. The minimum atomic E-state index is -4.49. The number of nitrogens with zero attached hydrogens (tertiary/aromatic N) is 3. The fourth-order valence-electron chi connectivity index (χ4n) is 2.87. The van der Waals surface area contributed by atoms with Gasteiger partial charge in [-0.05, 0) is 30.2 Å². The van der Waals surface area contributed by atoms with Gasteiger partial charge >= 0.3 is 12.2 Å². The van der Waals surface area contributed by atoms with Gasteiger partial charge in [0.05, 0.1) is 22.9 Å². The van der Waals surface area contributed by atoms with E-state index in [0.29, 0.717) is 35.4 Å². The molecule has 1 aliphatic rings. The summed E-state index contributed by atoms with van der Waals surface area (Å²) >= 11 is 6.24. The van der Waals surface area contributed by atoms with Crippen LogP contribution in [0.25, 0.3) is 5.57 Å². The van der Waals surface area contributed by atoms with Gasteiger partial charge in [0.1, 0.15) is 11.9 Å². The average Bonchev–Trinajstić information content (AvgIpc) is 2.73. The number of aromatic nitrogens is 2. The molecule has 1 aliphatic heterocycles. The first-order valence-corrected chi connectivity index (χ1v) is 9.29. The first kappa shape index (κ1) is 22.0. The number of nitrogens with one attached hydrogen (secondary N) is 1. The number of carbonyl (C=O) groups is 1. The van der Waals surface area contributed by atoms with Gasteiger partial charge in [-0.1, -0.05) is 17.7 Å². The lowest BCUT2D eigenvalue weighted by atomic mass is 10.0. The molecule has 0 bridgehead atoms. The van der Waals surface area contributed by atoms with E-state index in [1.54, 1.807) is 6.08 Å². The molecule has 7 nitrogen and oxygen atoms in total. The third-order valence-corrected chi connectivity index (χ3v) is 4.83. The van der Waals surface area contributed by atoms with E-state index in [4.69, 9.17) is 16.7 Å². The number of aliphatic hydroxyl groups excluding tert-OH is 2. The Morgan fingerprint density at radius 2 is 2.07 bits per heavy atom. The Balaban J connectivity index is 1.63. The van der Waals surface area contributed by atoms with Gasteiger partial charge in [0.15, 0.2) is 0 Å². The van der Waals surface area contributed by atoms with Crippen LogP contribution in [0.15, 0.2) is 36.7 Å². The largest absolute Gasteiger partial charge is 0.417 e. The summed E-state index contributed by atoms with van der Waals surface area (Å²) in [6.45, 7) is 0.149. The molecule has 1 unspecified atom stereocenters. The Labute approximate surface area is 174 Å². The van der Waals surface area contributed by atoms with Crippen LogP contribution in [0.3, 0.4) is 0 Å². The average molecular weight is 443 g/mol. The van der Waals surface area contributed by atoms with Crippen molar-refractivity contribution in [3.8, 4) is 0 Å². The third kappa shape index (κ3) is 5.07. The Morgan fingerprint density at radius 3 is 2.60 bits per heavy atom. The second kappa shape index (κ2) is 8.99. The smallest absolute Gasteiger partial charge is 0.393 e. The maximum Gasteiger partial charge on any atom is 0.417 e. The van der Waals surface area contributed by atoms with Gasteiger partial charge in [0, 0.05) is 31.0 Å². The predicted molar refractivity (Wildman–Crippen MR) is 104 cm³/mol. The zero-order chi connectivity index (χ0) is 21.9. The molecule has 2 amide bonds. The van der Waals surface area contributed by atoms with Crippen LogP contribution in [-0.2, 0) is 6.18 Å². The molecule has 0 aromatic carbocycles. The van der Waals surface area contributed by atoms with E-state index in [0.717, 1.165) is 17.7 Å². The topological polar surface area (TPSA) is 98.6 Å². The molecule has 1 atom stereocenters. The Kier molecular flexibility index (Phi) is 6.59. The summed E-state index contributed by atoms with van der Waals surface area (Å²) in [7, 11) is 0. The van der Waals surface area contributed by atoms with E-state index < -0.39 is 30.5 Å². The number of hydrogen-bond donors (Lipinski definition) is 3. The standard InChI is InChI=1S/C19H18ClF3N4O3/c20-14-7-12(15(29)10-28)8-25-17(14)11-3-5-27(6-4-11)18(30)26-16-2-1-13(9-24-16)19(21,22)23/h1-3,7-9,15,28-29H,4-6,10H2,(H,24,26,30). The summed E-state index contributed by atoms with van der Waals surface area (Å²) in [6, 6.07) is 2.99. The normalized spacial score (nSPS) is 15.5. The number of hydrogen-bond acceptors (Lipinski definition) is 5. The minimum Gasteiger partial charge on any atom is -0.393 e. The molecular formula is C19H18ClF3N4O3. The van der Waals surface area contributed by atoms with Crippen LogP contribution in [-0.4, -0.2) is 50.8 Å². The number of rotatable bonds is 4. The Bertz CT molecular complexity index is 951. The molecule has 0 aliphatic carbocycles. The van der Waals surface area contributed by atoms with Crippen molar-refractivity contribution in [3.63, 3.8) is 0 Å². The molecule has 3 heterocycles. The van der Waals surface area contributed by atoms with Crippen molar-refractivity contribution in [1.29, 1.82) is 0 Å². The summed E-state index contributed by atoms with van der Waals surface area (Å²) in [5.41, 5.74) is 0.845. The molecule has 2 aromatic heterocycles. The zero-order valence-electron chi connectivity index (χ0n) is 15.5. The van der Waals surface area contributed by atoms with E-state index in [2.05, 4.69) is 15.3 Å². The highest BCUT2D eigenvalue weighted by atomic mass is 35.5. The summed E-state index contributed by atoms with van der Waals surface area (Å²) in [5, 5.41) is 21.4. The van der Waals surface area contributed by atoms with E-state index in [9.17, 15) is 23.1 Å². The fourth-order valence-corrected chi connectivity index (χ4v) is 3.17. The van der Waals surface area contributed by atoms with Gasteiger partial charge in [-0.25, -0.2) is 9.78 Å². The summed E-state index contributed by atoms with van der Waals surface area (Å²) < 4.78 is 37.7. The van der Waals surface area contributed by atoms with Gasteiger partial charge in [0.25, 0.3) is 0 Å². The van der Waals surface area contributed by atoms with Crippen LogP contribution in [0.4, 0.5) is 23.8 Å². The number of halogens is 4. The minimum absolute atomic E-state index is 0.0190. The van der Waals surface area contributed by atoms with Crippen molar-refractivity contribution in [1.82, 2.24) is 14.9 Å². The number of carbonyl (C=O) groups excluding carboxylic acids is 1. The molecule has 0 saturated carbocycles. The van der Waals surface area contributed by atoms with Gasteiger partial charge in [-0.15, -0.1) is 0 Å². The van der Waals surface area contributed by atoms with E-state index in [1.165, 1.54) is 17.2 Å². The van der Waals surface area contributed by atoms with Crippen molar-refractivity contribution < 1.29 is 28.2 Å². The number of amides is 2. The van der Waals surface area contributed by atoms with Gasteiger partial charge in [0.2, 0.25) is 0 Å². The molecule has 2 aromatic rings. The molecule has 0 fully saturated rings. The van der Waals surface area contributed by atoms with Crippen molar-refractivity contribution in [2.45, 2.75) is 18.7 Å². The van der Waals surface area contributed by atoms with Crippen LogP contribution in [0.1, 0.15) is 29.3 Å². The van der Waals surface area contributed by atoms with Gasteiger partial charge in [-0.3, -0.25) is 10.3 Å². The molecule has 3 N–H and O–H groups in total. The molecular weight excluding hydrogens is 425 g/mol. The van der Waals surface area contributed by atoms with Gasteiger partial charge < -0.3 is 15.1 Å². The van der Waals surface area contributed by atoms with Crippen LogP contribution in [0.5, 0.6) is 0 Å². The van der Waals surface area contributed by atoms with Crippen molar-refractivity contribution in [3.05, 3.63) is 58.5 Å². The summed E-state index contributed by atoms with van der Waals surface area (Å²) in [6.07, 6.45) is -1.23. The highest BCUT2D eigenvalue weighted by Gasteiger charge is 2.30. The molecule has 11 heteroatoms. The Morgan fingerprint density at radius 1 is 1.30 bits per heavy atom. The van der Waals surface area contributed by atoms with E-state index >= 15 is 0 Å². The zero-order valence-corrected chi connectivity index (χ0v) is 16.3. The number of urea groups is 1. The first-order chi connectivity index (χ1) is 14.2. The van der Waals surface area contributed by atoms with Crippen LogP contribution in [0.2, 0.25) is 5.02 Å². The maximum atomic E-state index is 12.6. The number of alkyl halides is 3. The SMILES string of the molecule is O=C(Nc1ccc(C(F)(F)F)cn1)N1CC=C(c2ncc(C(O)CO)cc2Cl)CC1. The van der Waals surface area contributed by atoms with Crippen molar-refractivity contribution >= 4 is 29.0 Å².